The molecular weight excluding hydrogens is 465 g/mol. The summed E-state index contributed by atoms with van der Waals surface area (Å²) in [5.74, 6) is -0.106. The standard InChI is InChI=1S/C22H19F3N8O2/c23-22(24,25)15-2-1-3-16(8-15)29-21(34)30-20-13-32(31-35-20)12-17-5-4-14(9-27-17)18-10-28-33-7-6-26-11-19(18)33/h1-5,8-10,13,26H,6-7,11-12H2,(H-,29,30,31,34). The summed E-state index contributed by atoms with van der Waals surface area (Å²) in [5.41, 5.74) is 2.87. The largest absolute Gasteiger partial charge is 0.424 e. The van der Waals surface area contributed by atoms with Crippen molar-refractivity contribution in [2.75, 3.05) is 11.9 Å². The van der Waals surface area contributed by atoms with Crippen LogP contribution in [0.5, 0.6) is 0 Å². The summed E-state index contributed by atoms with van der Waals surface area (Å²) in [6.45, 7) is 2.73. The van der Waals surface area contributed by atoms with E-state index in [1.807, 2.05) is 23.0 Å². The van der Waals surface area contributed by atoms with E-state index in [1.165, 1.54) is 23.0 Å². The predicted octanol–water partition coefficient (Wildman–Crippen LogP) is 3.63. The van der Waals surface area contributed by atoms with E-state index in [4.69, 9.17) is 4.52 Å². The summed E-state index contributed by atoms with van der Waals surface area (Å²) in [6.07, 6.45) is 0.469. The van der Waals surface area contributed by atoms with E-state index in [0.717, 1.165) is 48.6 Å². The molecule has 0 saturated heterocycles. The van der Waals surface area contributed by atoms with Crippen LogP contribution in [0.1, 0.15) is 17.0 Å². The zero-order chi connectivity index (χ0) is 24.4. The number of halogens is 3. The molecule has 0 unspecified atom stereocenters. The highest BCUT2D eigenvalue weighted by molar-refractivity contribution is 6.03. The Morgan fingerprint density at radius 1 is 1.26 bits per heavy atom. The number of urea groups is 1. The molecule has 4 aromatic rings. The number of carbonyl (C=O) groups excluding carboxylic acids is 1. The van der Waals surface area contributed by atoms with Crippen LogP contribution >= 0.6 is 0 Å². The van der Waals surface area contributed by atoms with Crippen LogP contribution in [0.25, 0.3) is 16.4 Å². The molecule has 2 amide bonds. The molecule has 35 heavy (non-hydrogen) atoms. The first-order valence-corrected chi connectivity index (χ1v) is 10.6. The molecule has 0 radical (unpaired) electrons. The molecule has 3 aromatic heterocycles. The number of alkyl halides is 3. The second-order valence-corrected chi connectivity index (χ2v) is 7.80. The molecule has 0 aliphatic carbocycles. The van der Waals surface area contributed by atoms with Gasteiger partial charge in [0, 0.05) is 30.4 Å². The van der Waals surface area contributed by atoms with Gasteiger partial charge in [-0.05, 0) is 22.5 Å². The van der Waals surface area contributed by atoms with E-state index in [-0.39, 0.29) is 18.1 Å². The lowest BCUT2D eigenvalue weighted by Crippen LogP contribution is -2.35. The number of aromatic nitrogens is 5. The smallest absolute Gasteiger partial charge is 0.416 e. The Morgan fingerprint density at radius 2 is 2.14 bits per heavy atom. The van der Waals surface area contributed by atoms with Crippen LogP contribution in [0.3, 0.4) is 0 Å². The van der Waals surface area contributed by atoms with Crippen LogP contribution in [0.4, 0.5) is 29.5 Å². The highest BCUT2D eigenvalue weighted by atomic mass is 19.4. The summed E-state index contributed by atoms with van der Waals surface area (Å²) in [6, 6.07) is 7.16. The van der Waals surface area contributed by atoms with E-state index >= 15 is 0 Å². The molecule has 13 heteroatoms. The van der Waals surface area contributed by atoms with Gasteiger partial charge in [0.15, 0.2) is 11.3 Å². The Labute approximate surface area is 196 Å². The topological polar surface area (TPSA) is 116 Å². The van der Waals surface area contributed by atoms with Crippen LogP contribution in [0, 0.1) is 0 Å². The summed E-state index contributed by atoms with van der Waals surface area (Å²) in [7, 11) is 0. The molecule has 10 nitrogen and oxygen atoms in total. The summed E-state index contributed by atoms with van der Waals surface area (Å²) in [5, 5.41) is 17.5. The first kappa shape index (κ1) is 22.5. The zero-order valence-corrected chi connectivity index (χ0v) is 18.2. The first-order chi connectivity index (χ1) is 16.8. The number of fused-ring (bicyclic) bond motifs is 1. The van der Waals surface area contributed by atoms with Gasteiger partial charge in [0.25, 0.3) is 0 Å². The minimum absolute atomic E-state index is 0.0410. The van der Waals surface area contributed by atoms with Crippen LogP contribution in [0.15, 0.2) is 59.5 Å². The molecule has 1 aliphatic rings. The average molecular weight is 484 g/mol. The normalized spacial score (nSPS) is 13.3. The van der Waals surface area contributed by atoms with Crippen LogP contribution < -0.4 is 15.3 Å². The van der Waals surface area contributed by atoms with Crippen LogP contribution in [0.2, 0.25) is 0 Å². The third kappa shape index (κ3) is 5.14. The molecule has 0 atom stereocenters. The van der Waals surface area contributed by atoms with Gasteiger partial charge in [-0.25, -0.2) is 0 Å². The van der Waals surface area contributed by atoms with Crippen LogP contribution in [-0.2, 0) is 25.8 Å². The van der Waals surface area contributed by atoms with Crippen LogP contribution in [-0.4, -0.2) is 32.6 Å². The molecular formula is C22H19F3N8O2. The number of pyridine rings is 1. The van der Waals surface area contributed by atoms with E-state index in [0.29, 0.717) is 5.69 Å². The van der Waals surface area contributed by atoms with Gasteiger partial charge in [-0.3, -0.25) is 14.5 Å². The summed E-state index contributed by atoms with van der Waals surface area (Å²) >= 11 is 0. The quantitative estimate of drug-likeness (QED) is 0.418. The number of nitrogens with zero attached hydrogens (tertiary/aromatic N) is 6. The van der Waals surface area contributed by atoms with E-state index in [1.54, 1.807) is 6.20 Å². The number of hydrogen-bond donors (Lipinski definition) is 2. The number of carbonyl (C=O) groups is 1. The lowest BCUT2D eigenvalue weighted by atomic mass is 10.1. The Kier molecular flexibility index (Phi) is 5.91. The monoisotopic (exact) mass is 484 g/mol. The van der Waals surface area contributed by atoms with Gasteiger partial charge in [-0.1, -0.05) is 24.3 Å². The van der Waals surface area contributed by atoms with E-state index in [2.05, 4.69) is 31.3 Å². The number of hydrogen-bond acceptors (Lipinski definition) is 6. The van der Waals surface area contributed by atoms with Crippen molar-refractivity contribution in [1.82, 2.24) is 25.4 Å². The third-order valence-corrected chi connectivity index (χ3v) is 5.35. The minimum atomic E-state index is -4.52. The van der Waals surface area contributed by atoms with Crippen molar-refractivity contribution < 1.29 is 27.2 Å². The van der Waals surface area contributed by atoms with Gasteiger partial charge in [0.05, 0.1) is 24.0 Å². The van der Waals surface area contributed by atoms with Gasteiger partial charge in [-0.15, -0.1) is 0 Å². The molecule has 180 valence electrons. The van der Waals surface area contributed by atoms with E-state index in [9.17, 15) is 18.0 Å². The summed E-state index contributed by atoms with van der Waals surface area (Å²) < 4.78 is 46.9. The van der Waals surface area contributed by atoms with Crippen molar-refractivity contribution in [2.45, 2.75) is 25.8 Å². The summed E-state index contributed by atoms with van der Waals surface area (Å²) in [4.78, 5) is 16.6. The van der Waals surface area contributed by atoms with Gasteiger partial charge in [-0.2, -0.15) is 18.3 Å². The fourth-order valence-corrected chi connectivity index (χ4v) is 3.68. The minimum Gasteiger partial charge on any atom is -0.424 e. The molecule has 0 bridgehead atoms. The molecule has 1 aliphatic heterocycles. The SMILES string of the molecule is O=C([N-]c1c[n+](Cc2ccc(-c3cnn4c3CNCC4)cn2)no1)Nc1cccc(C(F)(F)F)c1. The third-order valence-electron chi connectivity index (χ3n) is 5.35. The number of amides is 2. The van der Waals surface area contributed by atoms with Crippen molar-refractivity contribution in [3.8, 4) is 11.1 Å². The average Bonchev–Trinajstić information content (AvgIpc) is 3.46. The van der Waals surface area contributed by atoms with E-state index < -0.39 is 17.8 Å². The molecule has 0 saturated carbocycles. The predicted molar refractivity (Wildman–Crippen MR) is 116 cm³/mol. The van der Waals surface area contributed by atoms with Crippen molar-refractivity contribution in [2.24, 2.45) is 0 Å². The molecule has 5 rings (SSSR count). The Bertz CT molecular complexity index is 1350. The fourth-order valence-electron chi connectivity index (χ4n) is 3.68. The maximum absolute atomic E-state index is 12.8. The van der Waals surface area contributed by atoms with Crippen molar-refractivity contribution in [1.29, 1.82) is 0 Å². The molecule has 0 spiro atoms. The molecule has 4 heterocycles. The number of anilines is 1. The van der Waals surface area contributed by atoms with Gasteiger partial charge >= 0.3 is 6.18 Å². The fraction of sp³-hybridized carbons (Fsp3) is 0.227. The highest BCUT2D eigenvalue weighted by Crippen LogP contribution is 2.31. The Balaban J connectivity index is 1.19. The van der Waals surface area contributed by atoms with Crippen molar-refractivity contribution >= 4 is 17.6 Å². The van der Waals surface area contributed by atoms with Crippen molar-refractivity contribution in [3.05, 3.63) is 77.3 Å². The second-order valence-electron chi connectivity index (χ2n) is 7.80. The lowest BCUT2D eigenvalue weighted by molar-refractivity contribution is -0.755. The number of nitrogens with one attached hydrogen (secondary N) is 2. The lowest BCUT2D eigenvalue weighted by Gasteiger charge is -2.16. The number of benzene rings is 1. The molecule has 2 N–H and O–H groups in total. The number of rotatable bonds is 5. The maximum atomic E-state index is 12.8. The van der Waals surface area contributed by atoms with Gasteiger partial charge < -0.3 is 20.5 Å². The highest BCUT2D eigenvalue weighted by Gasteiger charge is 2.30. The Morgan fingerprint density at radius 3 is 2.94 bits per heavy atom. The molecule has 0 fully saturated rings. The zero-order valence-electron chi connectivity index (χ0n) is 18.2. The van der Waals surface area contributed by atoms with Gasteiger partial charge in [0.2, 0.25) is 18.6 Å². The maximum Gasteiger partial charge on any atom is 0.416 e. The molecule has 1 aromatic carbocycles. The first-order valence-electron chi connectivity index (χ1n) is 10.6. The second kappa shape index (κ2) is 9.18. The van der Waals surface area contributed by atoms with Gasteiger partial charge in [0.1, 0.15) is 5.69 Å². The Hall–Kier alpha value is -4.26. The van der Waals surface area contributed by atoms with Crippen molar-refractivity contribution in [3.63, 3.8) is 0 Å².